The van der Waals surface area contributed by atoms with Crippen LogP contribution in [0.1, 0.15) is 16.7 Å². The van der Waals surface area contributed by atoms with Crippen molar-refractivity contribution in [3.63, 3.8) is 0 Å². The Kier molecular flexibility index (Phi) is 5.13. The summed E-state index contributed by atoms with van der Waals surface area (Å²) in [5, 5.41) is 11.5. The SMILES string of the molecule is Cc1cc(OC(=O)/C=C\c2ccccc2[N+](=O)[O-])cc(C)c1Cl. The summed E-state index contributed by atoms with van der Waals surface area (Å²) in [7, 11) is 0. The third kappa shape index (κ3) is 4.17. The number of nitro benzene ring substituents is 1. The molecule has 0 radical (unpaired) electrons. The van der Waals surface area contributed by atoms with Gasteiger partial charge in [-0.05, 0) is 49.2 Å². The predicted octanol–water partition coefficient (Wildman–Crippen LogP) is 4.48. The fourth-order valence-electron chi connectivity index (χ4n) is 2.07. The van der Waals surface area contributed by atoms with E-state index >= 15 is 0 Å². The van der Waals surface area contributed by atoms with E-state index in [2.05, 4.69) is 0 Å². The lowest BCUT2D eigenvalue weighted by Gasteiger charge is -2.07. The molecule has 0 N–H and O–H groups in total. The molecule has 6 heteroatoms. The van der Waals surface area contributed by atoms with Gasteiger partial charge >= 0.3 is 5.97 Å². The molecule has 2 aromatic carbocycles. The number of carbonyl (C=O) groups is 1. The number of nitro groups is 1. The number of para-hydroxylation sites is 1. The summed E-state index contributed by atoms with van der Waals surface area (Å²) >= 11 is 6.06. The number of hydrogen-bond donors (Lipinski definition) is 0. The molecule has 0 saturated heterocycles. The van der Waals surface area contributed by atoms with Crippen LogP contribution in [0.5, 0.6) is 5.75 Å². The smallest absolute Gasteiger partial charge is 0.336 e. The molecule has 0 atom stereocenters. The van der Waals surface area contributed by atoms with Crippen LogP contribution in [0, 0.1) is 24.0 Å². The minimum Gasteiger partial charge on any atom is -0.423 e. The molecular formula is C17H14ClNO4. The molecule has 0 aliphatic rings. The standard InChI is InChI=1S/C17H14ClNO4/c1-11-9-14(10-12(2)17(11)18)23-16(20)8-7-13-5-3-4-6-15(13)19(21)22/h3-10H,1-2H3/b8-7-. The Morgan fingerprint density at radius 1 is 1.22 bits per heavy atom. The summed E-state index contributed by atoms with van der Waals surface area (Å²) in [6, 6.07) is 9.46. The van der Waals surface area contributed by atoms with Crippen molar-refractivity contribution in [2.45, 2.75) is 13.8 Å². The average molecular weight is 332 g/mol. The van der Waals surface area contributed by atoms with Gasteiger partial charge in [0, 0.05) is 17.2 Å². The Labute approximate surface area is 138 Å². The molecule has 0 fully saturated rings. The van der Waals surface area contributed by atoms with Crippen molar-refractivity contribution in [2.24, 2.45) is 0 Å². The zero-order chi connectivity index (χ0) is 17.0. The summed E-state index contributed by atoms with van der Waals surface area (Å²) in [6.45, 7) is 3.63. The highest BCUT2D eigenvalue weighted by Gasteiger charge is 2.11. The molecule has 2 rings (SSSR count). The molecule has 0 amide bonds. The topological polar surface area (TPSA) is 69.4 Å². The van der Waals surface area contributed by atoms with Crippen molar-refractivity contribution in [1.29, 1.82) is 0 Å². The Morgan fingerprint density at radius 2 is 1.83 bits per heavy atom. The maximum Gasteiger partial charge on any atom is 0.336 e. The number of benzene rings is 2. The highest BCUT2D eigenvalue weighted by Crippen LogP contribution is 2.26. The molecule has 23 heavy (non-hydrogen) atoms. The highest BCUT2D eigenvalue weighted by atomic mass is 35.5. The number of ether oxygens (including phenoxy) is 1. The van der Waals surface area contributed by atoms with Gasteiger partial charge < -0.3 is 4.74 Å². The molecule has 0 aliphatic heterocycles. The van der Waals surface area contributed by atoms with Crippen molar-refractivity contribution >= 4 is 29.3 Å². The first-order valence-corrected chi connectivity index (χ1v) is 7.16. The van der Waals surface area contributed by atoms with Crippen LogP contribution < -0.4 is 4.74 Å². The predicted molar refractivity (Wildman–Crippen MR) is 88.7 cm³/mol. The highest BCUT2D eigenvalue weighted by molar-refractivity contribution is 6.32. The van der Waals surface area contributed by atoms with Gasteiger partial charge in [-0.15, -0.1) is 0 Å². The summed E-state index contributed by atoms with van der Waals surface area (Å²) in [4.78, 5) is 22.3. The second-order valence-electron chi connectivity index (χ2n) is 4.94. The van der Waals surface area contributed by atoms with Crippen molar-refractivity contribution < 1.29 is 14.5 Å². The van der Waals surface area contributed by atoms with E-state index in [1.54, 1.807) is 30.3 Å². The first-order valence-electron chi connectivity index (χ1n) is 6.78. The van der Waals surface area contributed by atoms with E-state index in [1.165, 1.54) is 12.1 Å². The van der Waals surface area contributed by atoms with E-state index in [-0.39, 0.29) is 5.69 Å². The lowest BCUT2D eigenvalue weighted by Crippen LogP contribution is -2.04. The Morgan fingerprint density at radius 3 is 2.43 bits per heavy atom. The number of carbonyl (C=O) groups excluding carboxylic acids is 1. The molecule has 0 spiro atoms. The van der Waals surface area contributed by atoms with Crippen LogP contribution in [-0.2, 0) is 4.79 Å². The van der Waals surface area contributed by atoms with Gasteiger partial charge in [0.25, 0.3) is 5.69 Å². The largest absolute Gasteiger partial charge is 0.423 e. The minimum absolute atomic E-state index is 0.0743. The van der Waals surface area contributed by atoms with Gasteiger partial charge in [-0.2, -0.15) is 0 Å². The zero-order valence-electron chi connectivity index (χ0n) is 12.6. The van der Waals surface area contributed by atoms with Gasteiger partial charge in [0.15, 0.2) is 0 Å². The molecule has 5 nitrogen and oxygen atoms in total. The van der Waals surface area contributed by atoms with E-state index in [1.807, 2.05) is 13.8 Å². The van der Waals surface area contributed by atoms with Gasteiger partial charge in [-0.25, -0.2) is 4.79 Å². The van der Waals surface area contributed by atoms with Crippen LogP contribution >= 0.6 is 11.6 Å². The monoisotopic (exact) mass is 331 g/mol. The molecule has 0 aliphatic carbocycles. The lowest BCUT2D eigenvalue weighted by molar-refractivity contribution is -0.385. The average Bonchev–Trinajstić information content (AvgIpc) is 2.50. The minimum atomic E-state index is -0.621. The van der Waals surface area contributed by atoms with E-state index in [0.29, 0.717) is 16.3 Å². The Hall–Kier alpha value is -2.66. The van der Waals surface area contributed by atoms with Gasteiger partial charge in [0.2, 0.25) is 0 Å². The van der Waals surface area contributed by atoms with E-state index in [4.69, 9.17) is 16.3 Å². The van der Waals surface area contributed by atoms with Gasteiger partial charge in [0.05, 0.1) is 10.5 Å². The maximum absolute atomic E-state index is 11.9. The van der Waals surface area contributed by atoms with Crippen LogP contribution in [0.2, 0.25) is 5.02 Å². The molecule has 0 heterocycles. The quantitative estimate of drug-likeness (QED) is 0.272. The number of nitrogens with zero attached hydrogens (tertiary/aromatic N) is 1. The summed E-state index contributed by atoms with van der Waals surface area (Å²) in [6.07, 6.45) is 2.51. The number of hydrogen-bond acceptors (Lipinski definition) is 4. The maximum atomic E-state index is 11.9. The summed E-state index contributed by atoms with van der Waals surface area (Å²) in [5.74, 6) is -0.245. The first-order chi connectivity index (χ1) is 10.9. The van der Waals surface area contributed by atoms with Crippen LogP contribution in [0.3, 0.4) is 0 Å². The molecule has 0 bridgehead atoms. The second kappa shape index (κ2) is 7.07. The van der Waals surface area contributed by atoms with Crippen molar-refractivity contribution in [3.05, 3.63) is 74.3 Å². The number of aryl methyl sites for hydroxylation is 2. The van der Waals surface area contributed by atoms with E-state index < -0.39 is 10.9 Å². The molecule has 118 valence electrons. The number of rotatable bonds is 4. The molecule has 0 unspecified atom stereocenters. The van der Waals surface area contributed by atoms with Crippen molar-refractivity contribution in [3.8, 4) is 5.75 Å². The fraction of sp³-hybridized carbons (Fsp3) is 0.118. The van der Waals surface area contributed by atoms with Crippen LogP contribution in [0.4, 0.5) is 5.69 Å². The number of esters is 1. The normalized spacial score (nSPS) is 10.7. The van der Waals surface area contributed by atoms with E-state index in [0.717, 1.165) is 17.2 Å². The number of halogens is 1. The van der Waals surface area contributed by atoms with Crippen molar-refractivity contribution in [1.82, 2.24) is 0 Å². The molecule has 2 aromatic rings. The zero-order valence-corrected chi connectivity index (χ0v) is 13.3. The van der Waals surface area contributed by atoms with Gasteiger partial charge in [0.1, 0.15) is 5.75 Å². The Balaban J connectivity index is 2.16. The second-order valence-corrected chi connectivity index (χ2v) is 5.32. The van der Waals surface area contributed by atoms with Gasteiger partial charge in [-0.1, -0.05) is 23.7 Å². The van der Waals surface area contributed by atoms with Gasteiger partial charge in [-0.3, -0.25) is 10.1 Å². The molecular weight excluding hydrogens is 318 g/mol. The van der Waals surface area contributed by atoms with Crippen LogP contribution in [0.15, 0.2) is 42.5 Å². The molecule has 0 aromatic heterocycles. The summed E-state index contributed by atoms with van der Waals surface area (Å²) in [5.41, 5.74) is 1.86. The van der Waals surface area contributed by atoms with Crippen molar-refractivity contribution in [2.75, 3.05) is 0 Å². The third-order valence-electron chi connectivity index (χ3n) is 3.16. The Bertz CT molecular complexity index is 776. The third-order valence-corrected chi connectivity index (χ3v) is 3.76. The van der Waals surface area contributed by atoms with E-state index in [9.17, 15) is 14.9 Å². The molecule has 0 saturated carbocycles. The summed E-state index contributed by atoms with van der Waals surface area (Å²) < 4.78 is 5.20. The fourth-order valence-corrected chi connectivity index (χ4v) is 2.18. The first kappa shape index (κ1) is 16.7. The van der Waals surface area contributed by atoms with Crippen LogP contribution in [-0.4, -0.2) is 10.9 Å². The lowest BCUT2D eigenvalue weighted by atomic mass is 10.1. The van der Waals surface area contributed by atoms with Crippen LogP contribution in [0.25, 0.3) is 6.08 Å².